The van der Waals surface area contributed by atoms with Gasteiger partial charge in [-0.15, -0.1) is 22.9 Å². The minimum atomic E-state index is -3.44. The number of ether oxygens (including phenoxy) is 1. The summed E-state index contributed by atoms with van der Waals surface area (Å²) in [4.78, 5) is 1.16. The molecule has 102 valence electrons. The van der Waals surface area contributed by atoms with Gasteiger partial charge in [0.15, 0.2) is 0 Å². The highest BCUT2D eigenvalue weighted by Crippen LogP contribution is 2.32. The van der Waals surface area contributed by atoms with Crippen LogP contribution in [0.5, 0.6) is 0 Å². The Hall–Kier alpha value is 0.340. The molecule has 18 heavy (non-hydrogen) atoms. The summed E-state index contributed by atoms with van der Waals surface area (Å²) in [5, 5.41) is 0. The van der Waals surface area contributed by atoms with Crippen molar-refractivity contribution in [3.8, 4) is 0 Å². The smallest absolute Gasteiger partial charge is 0.244 e. The topological polar surface area (TPSA) is 46.6 Å². The molecule has 0 amide bonds. The van der Waals surface area contributed by atoms with Gasteiger partial charge in [0.25, 0.3) is 0 Å². The number of hydrogen-bond acceptors (Lipinski definition) is 4. The highest BCUT2D eigenvalue weighted by atomic mass is 79.9. The van der Waals surface area contributed by atoms with Crippen molar-refractivity contribution in [2.45, 2.75) is 17.9 Å². The van der Waals surface area contributed by atoms with E-state index in [1.54, 1.807) is 6.07 Å². The third-order valence-electron chi connectivity index (χ3n) is 2.73. The van der Waals surface area contributed by atoms with Crippen molar-refractivity contribution in [3.05, 3.63) is 14.7 Å². The first kappa shape index (κ1) is 14.7. The fourth-order valence-corrected chi connectivity index (χ4v) is 5.86. The molecule has 8 heteroatoms. The van der Waals surface area contributed by atoms with Crippen molar-refractivity contribution in [1.29, 1.82) is 0 Å². The first-order chi connectivity index (χ1) is 8.45. The van der Waals surface area contributed by atoms with E-state index in [2.05, 4.69) is 15.9 Å². The number of hydrogen-bond donors (Lipinski definition) is 0. The van der Waals surface area contributed by atoms with Crippen molar-refractivity contribution in [2.75, 3.05) is 25.6 Å². The Bertz CT molecular complexity index is 531. The SMILES string of the molecule is Cc1sc(Br)cc1S(=O)(=O)N1CCOC(CCl)C1. The monoisotopic (exact) mass is 373 g/mol. The maximum atomic E-state index is 12.5. The van der Waals surface area contributed by atoms with Gasteiger partial charge in [-0.3, -0.25) is 0 Å². The molecule has 0 aromatic carbocycles. The molecule has 2 heterocycles. The van der Waals surface area contributed by atoms with Crippen LogP contribution >= 0.6 is 38.9 Å². The lowest BCUT2D eigenvalue weighted by atomic mass is 10.3. The quantitative estimate of drug-likeness (QED) is 0.764. The van der Waals surface area contributed by atoms with Crippen LogP contribution in [0.4, 0.5) is 0 Å². The molecule has 1 aliphatic heterocycles. The van der Waals surface area contributed by atoms with Gasteiger partial charge < -0.3 is 4.74 Å². The number of thiophene rings is 1. The largest absolute Gasteiger partial charge is 0.374 e. The summed E-state index contributed by atoms with van der Waals surface area (Å²) in [5.41, 5.74) is 0. The molecule has 1 saturated heterocycles. The number of rotatable bonds is 3. The van der Waals surface area contributed by atoms with Crippen molar-refractivity contribution < 1.29 is 13.2 Å². The molecule has 1 unspecified atom stereocenters. The normalized spacial score (nSPS) is 22.3. The van der Waals surface area contributed by atoms with Gasteiger partial charge in [-0.05, 0) is 28.9 Å². The summed E-state index contributed by atoms with van der Waals surface area (Å²) >= 11 is 10.5. The zero-order valence-corrected chi connectivity index (χ0v) is 13.7. The first-order valence-electron chi connectivity index (χ1n) is 5.39. The van der Waals surface area contributed by atoms with E-state index in [4.69, 9.17) is 16.3 Å². The number of halogens is 2. The predicted molar refractivity (Wildman–Crippen MR) is 76.0 cm³/mol. The summed E-state index contributed by atoms with van der Waals surface area (Å²) in [6, 6.07) is 1.65. The highest BCUT2D eigenvalue weighted by Gasteiger charge is 2.32. The van der Waals surface area contributed by atoms with Crippen LogP contribution in [-0.4, -0.2) is 44.4 Å². The van der Waals surface area contributed by atoms with Crippen LogP contribution in [0.2, 0.25) is 0 Å². The molecule has 1 atom stereocenters. The lowest BCUT2D eigenvalue weighted by molar-refractivity contribution is 0.0122. The maximum Gasteiger partial charge on any atom is 0.244 e. The highest BCUT2D eigenvalue weighted by molar-refractivity contribution is 9.11. The second-order valence-corrected chi connectivity index (χ2v) is 8.83. The Morgan fingerprint density at radius 1 is 1.67 bits per heavy atom. The fraction of sp³-hybridized carbons (Fsp3) is 0.600. The molecule has 1 fully saturated rings. The van der Waals surface area contributed by atoms with Crippen LogP contribution in [0.3, 0.4) is 0 Å². The zero-order valence-electron chi connectivity index (χ0n) is 9.73. The molecule has 0 bridgehead atoms. The second kappa shape index (κ2) is 5.76. The maximum absolute atomic E-state index is 12.5. The second-order valence-electron chi connectivity index (χ2n) is 3.98. The summed E-state index contributed by atoms with van der Waals surface area (Å²) in [5.74, 6) is 0.304. The van der Waals surface area contributed by atoms with Gasteiger partial charge in [-0.25, -0.2) is 8.42 Å². The third kappa shape index (κ3) is 2.91. The zero-order chi connectivity index (χ0) is 13.3. The number of sulfonamides is 1. The fourth-order valence-electron chi connectivity index (χ4n) is 1.83. The first-order valence-corrected chi connectivity index (χ1v) is 8.97. The molecular weight excluding hydrogens is 362 g/mol. The summed E-state index contributed by atoms with van der Waals surface area (Å²) in [6.45, 7) is 2.89. The lowest BCUT2D eigenvalue weighted by Crippen LogP contribution is -2.46. The van der Waals surface area contributed by atoms with Gasteiger partial charge in [-0.2, -0.15) is 4.31 Å². The van der Waals surface area contributed by atoms with Crippen LogP contribution < -0.4 is 0 Å². The van der Waals surface area contributed by atoms with Crippen molar-refractivity contribution in [3.63, 3.8) is 0 Å². The lowest BCUT2D eigenvalue weighted by Gasteiger charge is -2.31. The van der Waals surface area contributed by atoms with Gasteiger partial charge in [-0.1, -0.05) is 0 Å². The number of morpholine rings is 1. The Kier molecular flexibility index (Phi) is 4.72. The van der Waals surface area contributed by atoms with E-state index >= 15 is 0 Å². The van der Waals surface area contributed by atoms with Gasteiger partial charge in [0.1, 0.15) is 0 Å². The van der Waals surface area contributed by atoms with E-state index in [1.807, 2.05) is 6.92 Å². The van der Waals surface area contributed by atoms with Crippen LogP contribution in [0.15, 0.2) is 14.7 Å². The minimum absolute atomic E-state index is 0.224. The number of aryl methyl sites for hydroxylation is 1. The van der Waals surface area contributed by atoms with Gasteiger partial charge >= 0.3 is 0 Å². The van der Waals surface area contributed by atoms with Crippen LogP contribution in [-0.2, 0) is 14.8 Å². The molecule has 0 aliphatic carbocycles. The van der Waals surface area contributed by atoms with Crippen molar-refractivity contribution >= 4 is 48.9 Å². The van der Waals surface area contributed by atoms with Crippen LogP contribution in [0.1, 0.15) is 4.88 Å². The molecule has 1 aromatic rings. The molecule has 1 aromatic heterocycles. The predicted octanol–water partition coefficient (Wildman–Crippen LogP) is 2.45. The minimum Gasteiger partial charge on any atom is -0.374 e. The van der Waals surface area contributed by atoms with Gasteiger partial charge in [0.2, 0.25) is 10.0 Å². The molecule has 4 nitrogen and oxygen atoms in total. The Balaban J connectivity index is 2.28. The van der Waals surface area contributed by atoms with Crippen LogP contribution in [0, 0.1) is 6.92 Å². The van der Waals surface area contributed by atoms with E-state index in [9.17, 15) is 8.42 Å². The van der Waals surface area contributed by atoms with Gasteiger partial charge in [0, 0.05) is 23.8 Å². The molecule has 2 rings (SSSR count). The van der Waals surface area contributed by atoms with E-state index < -0.39 is 10.0 Å². The average Bonchev–Trinajstić information content (AvgIpc) is 2.69. The average molecular weight is 375 g/mol. The van der Waals surface area contributed by atoms with E-state index in [-0.39, 0.29) is 6.10 Å². The molecule has 1 aliphatic rings. The van der Waals surface area contributed by atoms with Crippen LogP contribution in [0.25, 0.3) is 0 Å². The number of alkyl halides is 1. The molecule has 0 spiro atoms. The van der Waals surface area contributed by atoms with E-state index in [0.29, 0.717) is 30.5 Å². The molecule has 0 radical (unpaired) electrons. The van der Waals surface area contributed by atoms with E-state index in [0.717, 1.165) is 8.66 Å². The van der Waals surface area contributed by atoms with Gasteiger partial charge in [0.05, 0.1) is 21.4 Å². The van der Waals surface area contributed by atoms with E-state index in [1.165, 1.54) is 15.6 Å². The molecular formula is C10H13BrClNO3S2. The summed E-state index contributed by atoms with van der Waals surface area (Å²) in [7, 11) is -3.44. The number of nitrogens with zero attached hydrogens (tertiary/aromatic N) is 1. The van der Waals surface area contributed by atoms with Crippen molar-refractivity contribution in [1.82, 2.24) is 4.31 Å². The standard InChI is InChI=1S/C10H13BrClNO3S2/c1-7-9(4-10(11)17-7)18(14,15)13-2-3-16-8(5-12)6-13/h4,8H,2-3,5-6H2,1H3. The summed E-state index contributed by atoms with van der Waals surface area (Å²) in [6.07, 6.45) is -0.224. The van der Waals surface area contributed by atoms with Crippen molar-refractivity contribution in [2.24, 2.45) is 0 Å². The molecule has 0 N–H and O–H groups in total. The Morgan fingerprint density at radius 2 is 2.39 bits per heavy atom. The third-order valence-corrected chi connectivity index (χ3v) is 6.75. The Morgan fingerprint density at radius 3 is 2.94 bits per heavy atom. The Labute approximate surface area is 124 Å². The summed E-state index contributed by atoms with van der Waals surface area (Å²) < 4.78 is 32.6. The molecule has 0 saturated carbocycles.